The van der Waals surface area contributed by atoms with Crippen molar-refractivity contribution in [2.45, 2.75) is 26.3 Å². The molecule has 0 radical (unpaired) electrons. The third-order valence-electron chi connectivity index (χ3n) is 3.92. The van der Waals surface area contributed by atoms with E-state index in [1.807, 2.05) is 6.92 Å². The second kappa shape index (κ2) is 4.82. The minimum Gasteiger partial charge on any atom is -0.355 e. The van der Waals surface area contributed by atoms with E-state index in [1.54, 1.807) is 0 Å². The van der Waals surface area contributed by atoms with Gasteiger partial charge in [-0.25, -0.2) is 4.98 Å². The predicted octanol–water partition coefficient (Wildman–Crippen LogP) is 0.596. The Kier molecular flexibility index (Phi) is 3.25. The number of nitrogens with zero attached hydrogens (tertiary/aromatic N) is 2. The number of hydrogen-bond acceptors (Lipinski definition) is 5. The predicted molar refractivity (Wildman–Crippen MR) is 76.5 cm³/mol. The van der Waals surface area contributed by atoms with Gasteiger partial charge in [-0.3, -0.25) is 9.59 Å². The summed E-state index contributed by atoms with van der Waals surface area (Å²) < 4.78 is 0. The van der Waals surface area contributed by atoms with Crippen molar-refractivity contribution >= 4 is 28.3 Å². The van der Waals surface area contributed by atoms with Crippen LogP contribution in [0.3, 0.4) is 0 Å². The summed E-state index contributed by atoms with van der Waals surface area (Å²) in [6, 6.07) is 0. The molecule has 108 valence electrons. The summed E-state index contributed by atoms with van der Waals surface area (Å²) in [6.45, 7) is 4.09. The molecule has 6 nitrogen and oxygen atoms in total. The van der Waals surface area contributed by atoms with Crippen LogP contribution < -0.4 is 10.6 Å². The van der Waals surface area contributed by atoms with Crippen LogP contribution in [0.2, 0.25) is 0 Å². The number of hydrogen-bond donors (Lipinski definition) is 2. The van der Waals surface area contributed by atoms with Crippen LogP contribution in [0.5, 0.6) is 0 Å². The summed E-state index contributed by atoms with van der Waals surface area (Å²) >= 11 is 1.54. The Morgan fingerprint density at radius 2 is 2.35 bits per heavy atom. The van der Waals surface area contributed by atoms with Crippen LogP contribution in [0.15, 0.2) is 0 Å². The Bertz CT molecular complexity index is 571. The van der Waals surface area contributed by atoms with Gasteiger partial charge in [-0.2, -0.15) is 0 Å². The van der Waals surface area contributed by atoms with E-state index in [9.17, 15) is 9.59 Å². The topological polar surface area (TPSA) is 74.3 Å². The highest BCUT2D eigenvalue weighted by molar-refractivity contribution is 7.15. The lowest BCUT2D eigenvalue weighted by Crippen LogP contribution is -2.35. The Hall–Kier alpha value is -1.47. The second-order valence-electron chi connectivity index (χ2n) is 5.84. The molecule has 0 bridgehead atoms. The molecule has 1 atom stereocenters. The first-order chi connectivity index (χ1) is 9.46. The van der Waals surface area contributed by atoms with Gasteiger partial charge in [0, 0.05) is 37.4 Å². The quantitative estimate of drug-likeness (QED) is 0.837. The molecule has 7 heteroatoms. The number of nitrogens with one attached hydrogen (secondary N) is 2. The first-order valence-electron chi connectivity index (χ1n) is 6.71. The van der Waals surface area contributed by atoms with Gasteiger partial charge in [0.1, 0.15) is 0 Å². The maximum Gasteiger partial charge on any atom is 0.234 e. The highest BCUT2D eigenvalue weighted by Gasteiger charge is 2.41. The van der Waals surface area contributed by atoms with E-state index in [-0.39, 0.29) is 18.2 Å². The minimum absolute atomic E-state index is 0.0669. The number of aromatic nitrogens is 1. The first-order valence-corrected chi connectivity index (χ1v) is 7.53. The van der Waals surface area contributed by atoms with Gasteiger partial charge in [-0.1, -0.05) is 0 Å². The Morgan fingerprint density at radius 3 is 3.05 bits per heavy atom. The average molecular weight is 294 g/mol. The van der Waals surface area contributed by atoms with Gasteiger partial charge >= 0.3 is 0 Å². The minimum atomic E-state index is -0.667. The SMILES string of the molecule is CN1CCc2nc(NC(=O)C3(C)CNC(=O)C3)sc2C1. The van der Waals surface area contributed by atoms with Crippen LogP contribution in [0.4, 0.5) is 5.13 Å². The summed E-state index contributed by atoms with van der Waals surface area (Å²) in [5, 5.41) is 6.23. The molecule has 1 saturated heterocycles. The van der Waals surface area contributed by atoms with Gasteiger partial charge < -0.3 is 15.5 Å². The van der Waals surface area contributed by atoms with Crippen molar-refractivity contribution in [1.82, 2.24) is 15.2 Å². The summed E-state index contributed by atoms with van der Waals surface area (Å²) in [6.07, 6.45) is 1.17. The Balaban J connectivity index is 1.72. The van der Waals surface area contributed by atoms with Crippen LogP contribution in [0, 0.1) is 5.41 Å². The van der Waals surface area contributed by atoms with Crippen LogP contribution in [0.25, 0.3) is 0 Å². The molecule has 0 saturated carbocycles. The van der Waals surface area contributed by atoms with E-state index < -0.39 is 5.41 Å². The van der Waals surface area contributed by atoms with E-state index in [0.29, 0.717) is 11.7 Å². The zero-order valence-electron chi connectivity index (χ0n) is 11.7. The van der Waals surface area contributed by atoms with Crippen LogP contribution >= 0.6 is 11.3 Å². The number of carbonyl (C=O) groups excluding carboxylic acids is 2. The van der Waals surface area contributed by atoms with Gasteiger partial charge in [0.15, 0.2) is 5.13 Å². The smallest absolute Gasteiger partial charge is 0.234 e. The number of anilines is 1. The largest absolute Gasteiger partial charge is 0.355 e. The molecule has 0 spiro atoms. The zero-order valence-corrected chi connectivity index (χ0v) is 12.5. The highest BCUT2D eigenvalue weighted by Crippen LogP contribution is 2.31. The van der Waals surface area contributed by atoms with E-state index >= 15 is 0 Å². The van der Waals surface area contributed by atoms with E-state index in [0.717, 1.165) is 25.2 Å². The normalized spacial score (nSPS) is 26.2. The molecule has 1 aromatic rings. The standard InChI is InChI=1S/C13H18N4O2S/c1-13(5-10(18)14-7-13)11(19)16-12-15-8-3-4-17(2)6-9(8)20-12/h3-7H2,1-2H3,(H,14,18)(H,15,16,19). The first kappa shape index (κ1) is 13.5. The molecular weight excluding hydrogens is 276 g/mol. The molecule has 2 amide bonds. The highest BCUT2D eigenvalue weighted by atomic mass is 32.1. The van der Waals surface area contributed by atoms with Crippen molar-refractivity contribution in [3.63, 3.8) is 0 Å². The summed E-state index contributed by atoms with van der Waals surface area (Å²) in [7, 11) is 2.08. The molecule has 3 heterocycles. The fourth-order valence-corrected chi connectivity index (χ4v) is 3.64. The monoisotopic (exact) mass is 294 g/mol. The summed E-state index contributed by atoms with van der Waals surface area (Å²) in [5.74, 6) is -0.196. The average Bonchev–Trinajstić information content (AvgIpc) is 2.93. The van der Waals surface area contributed by atoms with Crippen molar-refractivity contribution in [1.29, 1.82) is 0 Å². The van der Waals surface area contributed by atoms with Crippen LogP contribution in [-0.2, 0) is 22.6 Å². The molecule has 0 aliphatic carbocycles. The third kappa shape index (κ3) is 2.43. The van der Waals surface area contributed by atoms with E-state index in [4.69, 9.17) is 0 Å². The van der Waals surface area contributed by atoms with Gasteiger partial charge in [0.05, 0.1) is 11.1 Å². The van der Waals surface area contributed by atoms with Crippen molar-refractivity contribution in [2.24, 2.45) is 5.41 Å². The molecule has 1 aromatic heterocycles. The molecule has 1 fully saturated rings. The number of carbonyl (C=O) groups is 2. The molecule has 1 unspecified atom stereocenters. The molecule has 2 N–H and O–H groups in total. The van der Waals surface area contributed by atoms with Gasteiger partial charge in [0.2, 0.25) is 11.8 Å². The second-order valence-corrected chi connectivity index (χ2v) is 6.93. The number of thiazole rings is 1. The van der Waals surface area contributed by atoms with Gasteiger partial charge in [-0.05, 0) is 14.0 Å². The molecular formula is C13H18N4O2S. The van der Waals surface area contributed by atoms with Crippen molar-refractivity contribution in [3.05, 3.63) is 10.6 Å². The summed E-state index contributed by atoms with van der Waals surface area (Å²) in [4.78, 5) is 31.6. The van der Waals surface area contributed by atoms with Gasteiger partial charge in [0.25, 0.3) is 0 Å². The van der Waals surface area contributed by atoms with Crippen molar-refractivity contribution < 1.29 is 9.59 Å². The fraction of sp³-hybridized carbons (Fsp3) is 0.615. The lowest BCUT2D eigenvalue weighted by atomic mass is 9.89. The number of fused-ring (bicyclic) bond motifs is 1. The molecule has 0 aromatic carbocycles. The molecule has 20 heavy (non-hydrogen) atoms. The number of likely N-dealkylation sites (N-methyl/N-ethyl adjacent to an activating group) is 1. The molecule has 2 aliphatic rings. The number of amides is 2. The zero-order chi connectivity index (χ0) is 14.3. The molecule has 3 rings (SSSR count). The van der Waals surface area contributed by atoms with Crippen molar-refractivity contribution in [3.8, 4) is 0 Å². The number of rotatable bonds is 2. The van der Waals surface area contributed by atoms with E-state index in [1.165, 1.54) is 16.2 Å². The summed E-state index contributed by atoms with van der Waals surface area (Å²) in [5.41, 5.74) is 0.425. The lowest BCUT2D eigenvalue weighted by Gasteiger charge is -2.20. The molecule has 2 aliphatic heterocycles. The van der Waals surface area contributed by atoms with Crippen LogP contribution in [-0.4, -0.2) is 41.8 Å². The van der Waals surface area contributed by atoms with E-state index in [2.05, 4.69) is 27.6 Å². The van der Waals surface area contributed by atoms with Gasteiger partial charge in [-0.15, -0.1) is 11.3 Å². The maximum atomic E-state index is 12.3. The third-order valence-corrected chi connectivity index (χ3v) is 4.92. The van der Waals surface area contributed by atoms with Crippen LogP contribution in [0.1, 0.15) is 23.9 Å². The Morgan fingerprint density at radius 1 is 1.55 bits per heavy atom. The maximum absolute atomic E-state index is 12.3. The Labute approximate surface area is 121 Å². The fourth-order valence-electron chi connectivity index (χ4n) is 2.56. The lowest BCUT2D eigenvalue weighted by molar-refractivity contribution is -0.126. The van der Waals surface area contributed by atoms with Crippen molar-refractivity contribution in [2.75, 3.05) is 25.5 Å².